The summed E-state index contributed by atoms with van der Waals surface area (Å²) in [6.45, 7) is 3.61. The lowest BCUT2D eigenvalue weighted by atomic mass is 9.81. The van der Waals surface area contributed by atoms with Crippen molar-refractivity contribution in [3.8, 4) is 0 Å². The molecule has 2 rings (SSSR count). The Balaban J connectivity index is 2.09. The molecule has 0 heterocycles. The highest BCUT2D eigenvalue weighted by Gasteiger charge is 2.28. The molecule has 0 saturated carbocycles. The number of carbonyl (C=O) groups excluding carboxylic acids is 1. The maximum Gasteiger partial charge on any atom is 0.162 e. The van der Waals surface area contributed by atoms with Gasteiger partial charge in [-0.05, 0) is 25.8 Å². The summed E-state index contributed by atoms with van der Waals surface area (Å²) in [5.41, 5.74) is 0.962. The van der Waals surface area contributed by atoms with E-state index >= 15 is 0 Å². The first-order valence-electron chi connectivity index (χ1n) is 7.34. The van der Waals surface area contributed by atoms with Gasteiger partial charge in [0.2, 0.25) is 0 Å². The van der Waals surface area contributed by atoms with Crippen LogP contribution in [-0.2, 0) is 0 Å². The SMILES string of the molecule is CC(C)(O)C(CCC(=O)c1ccccc1)c1ccccc1. The topological polar surface area (TPSA) is 37.3 Å². The predicted molar refractivity (Wildman–Crippen MR) is 85.5 cm³/mol. The van der Waals surface area contributed by atoms with E-state index in [-0.39, 0.29) is 11.7 Å². The van der Waals surface area contributed by atoms with Crippen molar-refractivity contribution >= 4 is 5.78 Å². The molecule has 0 fully saturated rings. The third-order valence-electron chi connectivity index (χ3n) is 3.81. The summed E-state index contributed by atoms with van der Waals surface area (Å²) in [5, 5.41) is 10.4. The lowest BCUT2D eigenvalue weighted by Gasteiger charge is -2.29. The maximum atomic E-state index is 12.2. The molecule has 0 saturated heterocycles. The van der Waals surface area contributed by atoms with Crippen LogP contribution in [0.15, 0.2) is 60.7 Å². The molecule has 0 amide bonds. The Morgan fingerprint density at radius 1 is 1.00 bits per heavy atom. The van der Waals surface area contributed by atoms with E-state index in [1.165, 1.54) is 0 Å². The minimum absolute atomic E-state index is 0.0497. The van der Waals surface area contributed by atoms with Gasteiger partial charge in [-0.1, -0.05) is 60.7 Å². The van der Waals surface area contributed by atoms with E-state index in [0.717, 1.165) is 11.1 Å². The predicted octanol–water partition coefficient (Wildman–Crippen LogP) is 4.20. The fourth-order valence-corrected chi connectivity index (χ4v) is 2.66. The van der Waals surface area contributed by atoms with Crippen LogP contribution in [0.25, 0.3) is 0 Å². The van der Waals surface area contributed by atoms with E-state index < -0.39 is 5.60 Å². The van der Waals surface area contributed by atoms with Gasteiger partial charge in [0.25, 0.3) is 0 Å². The average Bonchev–Trinajstić information content (AvgIpc) is 2.48. The van der Waals surface area contributed by atoms with E-state index in [1.807, 2.05) is 60.7 Å². The molecule has 0 aliphatic rings. The highest BCUT2D eigenvalue weighted by Crippen LogP contribution is 2.32. The van der Waals surface area contributed by atoms with Gasteiger partial charge in [0, 0.05) is 17.9 Å². The fraction of sp³-hybridized carbons (Fsp3) is 0.316. The van der Waals surface area contributed by atoms with Gasteiger partial charge in [0.15, 0.2) is 5.78 Å². The Morgan fingerprint density at radius 2 is 1.52 bits per heavy atom. The summed E-state index contributed by atoms with van der Waals surface area (Å²) in [5.74, 6) is 0.0761. The van der Waals surface area contributed by atoms with Gasteiger partial charge < -0.3 is 5.11 Å². The lowest BCUT2D eigenvalue weighted by Crippen LogP contribution is -2.29. The zero-order valence-electron chi connectivity index (χ0n) is 12.6. The Hall–Kier alpha value is -1.93. The van der Waals surface area contributed by atoms with Crippen LogP contribution in [0.4, 0.5) is 0 Å². The number of Topliss-reactive ketones (excluding diaryl/α,β-unsaturated/α-hetero) is 1. The smallest absolute Gasteiger partial charge is 0.162 e. The molecule has 0 aliphatic heterocycles. The van der Waals surface area contributed by atoms with Gasteiger partial charge in [-0.25, -0.2) is 0 Å². The molecule has 21 heavy (non-hydrogen) atoms. The standard InChI is InChI=1S/C19H22O2/c1-19(2,21)17(15-9-5-3-6-10-15)13-14-18(20)16-11-7-4-8-12-16/h3-12,17,21H,13-14H2,1-2H3. The molecule has 0 bridgehead atoms. The average molecular weight is 282 g/mol. The molecule has 0 spiro atoms. The molecule has 1 unspecified atom stereocenters. The van der Waals surface area contributed by atoms with Crippen LogP contribution >= 0.6 is 0 Å². The van der Waals surface area contributed by atoms with Crippen molar-refractivity contribution in [2.45, 2.75) is 38.2 Å². The summed E-state index contributed by atoms with van der Waals surface area (Å²) in [6, 6.07) is 19.2. The van der Waals surface area contributed by atoms with E-state index in [2.05, 4.69) is 0 Å². The molecule has 0 radical (unpaired) electrons. The second-order valence-corrected chi connectivity index (χ2v) is 5.94. The van der Waals surface area contributed by atoms with Crippen molar-refractivity contribution in [2.24, 2.45) is 0 Å². The molecule has 0 aromatic heterocycles. The minimum Gasteiger partial charge on any atom is -0.390 e. The molecule has 1 atom stereocenters. The molecule has 0 aliphatic carbocycles. The highest BCUT2D eigenvalue weighted by molar-refractivity contribution is 5.96. The van der Waals surface area contributed by atoms with Gasteiger partial charge in [0.1, 0.15) is 0 Å². The lowest BCUT2D eigenvalue weighted by molar-refractivity contribution is 0.0455. The van der Waals surface area contributed by atoms with Crippen molar-refractivity contribution in [3.05, 3.63) is 71.8 Å². The number of hydrogen-bond donors (Lipinski definition) is 1. The van der Waals surface area contributed by atoms with E-state index in [0.29, 0.717) is 12.8 Å². The van der Waals surface area contributed by atoms with Crippen LogP contribution in [0.5, 0.6) is 0 Å². The van der Waals surface area contributed by atoms with E-state index in [9.17, 15) is 9.90 Å². The van der Waals surface area contributed by atoms with Gasteiger partial charge >= 0.3 is 0 Å². The molecular weight excluding hydrogens is 260 g/mol. The summed E-state index contributed by atoms with van der Waals surface area (Å²) >= 11 is 0. The number of benzene rings is 2. The fourth-order valence-electron chi connectivity index (χ4n) is 2.66. The summed E-state index contributed by atoms with van der Waals surface area (Å²) in [6.07, 6.45) is 1.08. The summed E-state index contributed by atoms with van der Waals surface area (Å²) in [4.78, 5) is 12.2. The van der Waals surface area contributed by atoms with Crippen LogP contribution in [-0.4, -0.2) is 16.5 Å². The molecule has 2 heteroatoms. The summed E-state index contributed by atoms with van der Waals surface area (Å²) < 4.78 is 0. The van der Waals surface area contributed by atoms with Gasteiger partial charge in [-0.3, -0.25) is 4.79 Å². The molecule has 2 aromatic carbocycles. The van der Waals surface area contributed by atoms with Crippen molar-refractivity contribution in [3.63, 3.8) is 0 Å². The van der Waals surface area contributed by atoms with Crippen molar-refractivity contribution < 1.29 is 9.90 Å². The Bertz CT molecular complexity index is 568. The third kappa shape index (κ3) is 4.27. The van der Waals surface area contributed by atoms with Crippen molar-refractivity contribution in [1.29, 1.82) is 0 Å². The normalized spacial score (nSPS) is 12.9. The van der Waals surface area contributed by atoms with Crippen LogP contribution in [0.1, 0.15) is 48.5 Å². The minimum atomic E-state index is -0.849. The first-order valence-corrected chi connectivity index (χ1v) is 7.34. The molecule has 2 nitrogen and oxygen atoms in total. The quantitative estimate of drug-likeness (QED) is 0.806. The molecule has 2 aromatic rings. The summed E-state index contributed by atoms with van der Waals surface area (Å²) in [7, 11) is 0. The number of carbonyl (C=O) groups is 1. The zero-order valence-corrected chi connectivity index (χ0v) is 12.6. The van der Waals surface area contributed by atoms with E-state index in [4.69, 9.17) is 0 Å². The molecule has 1 N–H and O–H groups in total. The Kier molecular flexibility index (Phi) is 4.92. The number of rotatable bonds is 6. The first-order chi connectivity index (χ1) is 9.98. The van der Waals surface area contributed by atoms with Gasteiger partial charge in [-0.15, -0.1) is 0 Å². The van der Waals surface area contributed by atoms with Crippen LogP contribution in [0.2, 0.25) is 0 Å². The largest absolute Gasteiger partial charge is 0.390 e. The number of hydrogen-bond acceptors (Lipinski definition) is 2. The first kappa shape index (κ1) is 15.5. The van der Waals surface area contributed by atoms with Gasteiger partial charge in [0.05, 0.1) is 5.60 Å². The van der Waals surface area contributed by atoms with Crippen LogP contribution < -0.4 is 0 Å². The van der Waals surface area contributed by atoms with Gasteiger partial charge in [-0.2, -0.15) is 0 Å². The van der Waals surface area contributed by atoms with Crippen molar-refractivity contribution in [1.82, 2.24) is 0 Å². The number of ketones is 1. The highest BCUT2D eigenvalue weighted by atomic mass is 16.3. The number of aliphatic hydroxyl groups is 1. The molecule has 110 valence electrons. The van der Waals surface area contributed by atoms with Crippen LogP contribution in [0.3, 0.4) is 0 Å². The van der Waals surface area contributed by atoms with Crippen molar-refractivity contribution in [2.75, 3.05) is 0 Å². The second-order valence-electron chi connectivity index (χ2n) is 5.94. The molecular formula is C19H22O2. The Labute approximate surface area is 126 Å². The second kappa shape index (κ2) is 6.68. The van der Waals surface area contributed by atoms with E-state index in [1.54, 1.807) is 13.8 Å². The Morgan fingerprint density at radius 3 is 2.05 bits per heavy atom. The zero-order chi connectivity index (χ0) is 15.3. The third-order valence-corrected chi connectivity index (χ3v) is 3.81. The maximum absolute atomic E-state index is 12.2. The monoisotopic (exact) mass is 282 g/mol. The van der Waals surface area contributed by atoms with Crippen LogP contribution in [0, 0.1) is 0 Å².